The van der Waals surface area contributed by atoms with Crippen LogP contribution in [0.1, 0.15) is 0 Å². The molecular weight excluding hydrogens is 767 g/mol. The molecule has 0 aliphatic carbocycles. The van der Waals surface area contributed by atoms with Crippen LogP contribution in [0.3, 0.4) is 0 Å². The van der Waals surface area contributed by atoms with E-state index >= 15 is 0 Å². The van der Waals surface area contributed by atoms with Gasteiger partial charge in [-0.05, 0) is 70.8 Å². The molecule has 0 fully saturated rings. The largest absolute Gasteiger partial charge is 0.309 e. The predicted molar refractivity (Wildman–Crippen MR) is 263 cm³/mol. The number of nitrogens with zero attached hydrogens (tertiary/aromatic N) is 5. The molecule has 0 unspecified atom stereocenters. The fourth-order valence-corrected chi connectivity index (χ4v) is 10.6. The standard InChI is InChI=1S/C58H35N5/c1-3-20-38-36(16-1)18-13-26-40(38)57-41-22-5-9-27-45(41)59-58(60-57)63-49-30-12-6-23-42(49)54-50(32-15-33-51(54)63)62-48-29-11-8-25-44(48)56-53(62)35-34-52-55(56)43-24-7-10-28-47(43)61(52)46-31-14-19-37-17-2-4-21-39(37)46/h1-35H. The van der Waals surface area contributed by atoms with Gasteiger partial charge in [-0.3, -0.25) is 4.57 Å². The Hall–Kier alpha value is -8.54. The second-order valence-corrected chi connectivity index (χ2v) is 16.5. The van der Waals surface area contributed by atoms with Gasteiger partial charge in [-0.15, -0.1) is 0 Å². The molecule has 0 bridgehead atoms. The van der Waals surface area contributed by atoms with Gasteiger partial charge >= 0.3 is 0 Å². The van der Waals surface area contributed by atoms with Crippen LogP contribution in [-0.4, -0.2) is 23.7 Å². The van der Waals surface area contributed by atoms with Gasteiger partial charge in [0, 0.05) is 48.7 Å². The molecule has 5 heteroatoms. The summed E-state index contributed by atoms with van der Waals surface area (Å²) in [4.78, 5) is 10.8. The van der Waals surface area contributed by atoms with Gasteiger partial charge in [0.25, 0.3) is 0 Å². The predicted octanol–water partition coefficient (Wildman–Crippen LogP) is 14.9. The van der Waals surface area contributed by atoms with Gasteiger partial charge < -0.3 is 9.13 Å². The van der Waals surface area contributed by atoms with E-state index in [2.05, 4.69) is 226 Å². The number of fused-ring (bicyclic) bond motifs is 13. The second kappa shape index (κ2) is 13.0. The minimum absolute atomic E-state index is 0.644. The third-order valence-electron chi connectivity index (χ3n) is 13.2. The Labute approximate surface area is 360 Å². The van der Waals surface area contributed by atoms with Crippen molar-refractivity contribution in [2.45, 2.75) is 0 Å². The minimum atomic E-state index is 0.644. The number of hydrogen-bond acceptors (Lipinski definition) is 2. The van der Waals surface area contributed by atoms with Crippen LogP contribution >= 0.6 is 0 Å². The smallest absolute Gasteiger partial charge is 0.235 e. The summed E-state index contributed by atoms with van der Waals surface area (Å²) in [5, 5.41) is 13.1. The third kappa shape index (κ3) is 4.76. The van der Waals surface area contributed by atoms with E-state index in [4.69, 9.17) is 9.97 Å². The molecule has 0 aliphatic heterocycles. The van der Waals surface area contributed by atoms with Crippen LogP contribution in [0.25, 0.3) is 126 Å². The lowest BCUT2D eigenvalue weighted by Gasteiger charge is -2.14. The molecule has 10 aromatic carbocycles. The van der Waals surface area contributed by atoms with Crippen molar-refractivity contribution >= 4 is 97.9 Å². The summed E-state index contributed by atoms with van der Waals surface area (Å²) in [5.41, 5.74) is 12.0. The first-order valence-electron chi connectivity index (χ1n) is 21.5. The quantitative estimate of drug-likeness (QED) is 0.178. The van der Waals surface area contributed by atoms with Crippen LogP contribution in [0.2, 0.25) is 0 Å². The first kappa shape index (κ1) is 34.2. The van der Waals surface area contributed by atoms with E-state index in [0.717, 1.165) is 60.7 Å². The lowest BCUT2D eigenvalue weighted by molar-refractivity contribution is 1.01. The topological polar surface area (TPSA) is 40.6 Å². The van der Waals surface area contributed by atoms with Crippen molar-refractivity contribution in [2.24, 2.45) is 0 Å². The molecule has 0 spiro atoms. The van der Waals surface area contributed by atoms with E-state index in [1.54, 1.807) is 0 Å². The number of para-hydroxylation sites is 4. The van der Waals surface area contributed by atoms with Gasteiger partial charge in [0.1, 0.15) is 0 Å². The normalized spacial score (nSPS) is 12.1. The Bertz CT molecular complexity index is 4210. The van der Waals surface area contributed by atoms with Crippen molar-refractivity contribution in [3.63, 3.8) is 0 Å². The van der Waals surface area contributed by atoms with Crippen molar-refractivity contribution in [2.75, 3.05) is 0 Å². The Balaban J connectivity index is 1.07. The van der Waals surface area contributed by atoms with Gasteiger partial charge in [-0.2, -0.15) is 0 Å². The lowest BCUT2D eigenvalue weighted by Crippen LogP contribution is -2.04. The van der Waals surface area contributed by atoms with E-state index in [-0.39, 0.29) is 0 Å². The molecule has 14 rings (SSSR count). The number of aromatic nitrogens is 5. The van der Waals surface area contributed by atoms with Crippen molar-refractivity contribution in [1.82, 2.24) is 23.7 Å². The zero-order chi connectivity index (χ0) is 41.2. The first-order valence-corrected chi connectivity index (χ1v) is 21.5. The van der Waals surface area contributed by atoms with Gasteiger partial charge in [0.2, 0.25) is 5.95 Å². The van der Waals surface area contributed by atoms with E-state index in [9.17, 15) is 0 Å². The van der Waals surface area contributed by atoms with Crippen molar-refractivity contribution in [3.8, 4) is 28.6 Å². The molecule has 0 amide bonds. The molecule has 5 nitrogen and oxygen atoms in total. The number of hydrogen-bond donors (Lipinski definition) is 0. The molecule has 4 heterocycles. The van der Waals surface area contributed by atoms with E-state index in [1.165, 1.54) is 59.8 Å². The third-order valence-corrected chi connectivity index (χ3v) is 13.2. The SMILES string of the molecule is c1ccc2c(-c3nc(-n4c5ccccc5c5c(-n6c7ccccc7c7c8c9ccccc9n(-c9cccc%10ccccc9%10)c8ccc76)cccc54)nc4ccccc34)cccc2c1. The van der Waals surface area contributed by atoms with E-state index < -0.39 is 0 Å². The highest BCUT2D eigenvalue weighted by molar-refractivity contribution is 6.29. The van der Waals surface area contributed by atoms with Gasteiger partial charge in [-0.25, -0.2) is 9.97 Å². The summed E-state index contributed by atoms with van der Waals surface area (Å²) in [6, 6.07) is 76.6. The Kier molecular flexibility index (Phi) is 7.05. The summed E-state index contributed by atoms with van der Waals surface area (Å²) in [7, 11) is 0. The maximum atomic E-state index is 5.51. The van der Waals surface area contributed by atoms with E-state index in [0.29, 0.717) is 5.95 Å². The lowest BCUT2D eigenvalue weighted by atomic mass is 9.99. The minimum Gasteiger partial charge on any atom is -0.309 e. The molecule has 0 radical (unpaired) electrons. The molecule has 0 N–H and O–H groups in total. The molecule has 0 saturated carbocycles. The van der Waals surface area contributed by atoms with Crippen molar-refractivity contribution in [3.05, 3.63) is 212 Å². The van der Waals surface area contributed by atoms with Crippen LogP contribution in [0.5, 0.6) is 0 Å². The molecule has 14 aromatic rings. The summed E-state index contributed by atoms with van der Waals surface area (Å²) >= 11 is 0. The highest BCUT2D eigenvalue weighted by Crippen LogP contribution is 2.45. The van der Waals surface area contributed by atoms with Crippen LogP contribution < -0.4 is 0 Å². The van der Waals surface area contributed by atoms with Gasteiger partial charge in [-0.1, -0.05) is 158 Å². The summed E-state index contributed by atoms with van der Waals surface area (Å²) < 4.78 is 7.21. The molecule has 63 heavy (non-hydrogen) atoms. The van der Waals surface area contributed by atoms with Gasteiger partial charge in [0.05, 0.1) is 55.7 Å². The van der Waals surface area contributed by atoms with Crippen LogP contribution in [-0.2, 0) is 0 Å². The molecule has 0 aliphatic rings. The Morgan fingerprint density at radius 1 is 0.270 bits per heavy atom. The van der Waals surface area contributed by atoms with Crippen LogP contribution in [0.4, 0.5) is 0 Å². The fourth-order valence-electron chi connectivity index (χ4n) is 10.6. The fraction of sp³-hybridized carbons (Fsp3) is 0. The summed E-state index contributed by atoms with van der Waals surface area (Å²) in [6.45, 7) is 0. The van der Waals surface area contributed by atoms with Gasteiger partial charge in [0.15, 0.2) is 0 Å². The van der Waals surface area contributed by atoms with Crippen LogP contribution in [0, 0.1) is 0 Å². The zero-order valence-electron chi connectivity index (χ0n) is 33.9. The van der Waals surface area contributed by atoms with Crippen LogP contribution in [0.15, 0.2) is 212 Å². The highest BCUT2D eigenvalue weighted by atomic mass is 15.2. The monoisotopic (exact) mass is 801 g/mol. The molecule has 0 atom stereocenters. The summed E-state index contributed by atoms with van der Waals surface area (Å²) in [6.07, 6.45) is 0. The molecule has 0 saturated heterocycles. The Morgan fingerprint density at radius 3 is 1.41 bits per heavy atom. The van der Waals surface area contributed by atoms with E-state index in [1.807, 2.05) is 0 Å². The average Bonchev–Trinajstić information content (AvgIpc) is 3.99. The zero-order valence-corrected chi connectivity index (χ0v) is 33.9. The second-order valence-electron chi connectivity index (χ2n) is 16.5. The van der Waals surface area contributed by atoms with Crippen molar-refractivity contribution in [1.29, 1.82) is 0 Å². The average molecular weight is 802 g/mol. The molecular formula is C58H35N5. The maximum absolute atomic E-state index is 5.51. The maximum Gasteiger partial charge on any atom is 0.235 e. The molecule has 292 valence electrons. The summed E-state index contributed by atoms with van der Waals surface area (Å²) in [5.74, 6) is 0.644. The number of rotatable bonds is 4. The number of benzene rings is 10. The first-order chi connectivity index (χ1) is 31.3. The Morgan fingerprint density at radius 2 is 0.714 bits per heavy atom. The van der Waals surface area contributed by atoms with Crippen molar-refractivity contribution < 1.29 is 0 Å². The highest BCUT2D eigenvalue weighted by Gasteiger charge is 2.24. The molecule has 4 aromatic heterocycles.